The van der Waals surface area contributed by atoms with Crippen molar-refractivity contribution in [3.63, 3.8) is 0 Å². The Kier molecular flexibility index (Phi) is 3.07. The van der Waals surface area contributed by atoms with E-state index in [4.69, 9.17) is 11.0 Å². The van der Waals surface area contributed by atoms with Crippen molar-refractivity contribution < 1.29 is 0 Å². The second-order valence-electron chi connectivity index (χ2n) is 5.06. The van der Waals surface area contributed by atoms with Gasteiger partial charge in [-0.3, -0.25) is 4.98 Å². The molecule has 0 aliphatic rings. The molecule has 0 spiro atoms. The van der Waals surface area contributed by atoms with E-state index in [1.54, 1.807) is 11.6 Å². The van der Waals surface area contributed by atoms with E-state index in [0.29, 0.717) is 23.6 Å². The van der Waals surface area contributed by atoms with E-state index < -0.39 is 0 Å². The maximum absolute atomic E-state index is 9.10. The van der Waals surface area contributed by atoms with Crippen LogP contribution < -0.4 is 5.73 Å². The molecule has 3 rings (SSSR count). The summed E-state index contributed by atoms with van der Waals surface area (Å²) >= 11 is 0. The van der Waals surface area contributed by atoms with Crippen LogP contribution in [0.4, 0.5) is 5.82 Å². The van der Waals surface area contributed by atoms with E-state index in [9.17, 15) is 0 Å². The number of nitrogens with two attached hydrogens (primary N) is 1. The summed E-state index contributed by atoms with van der Waals surface area (Å²) in [7, 11) is 0. The predicted molar refractivity (Wildman–Crippen MR) is 81.7 cm³/mol. The Bertz CT molecular complexity index is 870. The van der Waals surface area contributed by atoms with Gasteiger partial charge in [0.25, 0.3) is 0 Å². The number of pyridine rings is 1. The van der Waals surface area contributed by atoms with E-state index in [0.717, 1.165) is 22.2 Å². The van der Waals surface area contributed by atoms with Gasteiger partial charge in [-0.05, 0) is 31.5 Å². The van der Waals surface area contributed by atoms with Gasteiger partial charge in [-0.15, -0.1) is 0 Å². The highest BCUT2D eigenvalue weighted by molar-refractivity contribution is 5.82. The molecule has 0 fully saturated rings. The fourth-order valence-electron chi connectivity index (χ4n) is 2.55. The molecule has 2 aromatic heterocycles. The van der Waals surface area contributed by atoms with Gasteiger partial charge in [0.05, 0.1) is 17.8 Å². The van der Waals surface area contributed by atoms with Gasteiger partial charge in [0.15, 0.2) is 0 Å². The molecule has 0 saturated carbocycles. The fourth-order valence-corrected chi connectivity index (χ4v) is 2.55. The number of fused-ring (bicyclic) bond motifs is 1. The molecule has 1 aromatic carbocycles. The number of anilines is 1. The van der Waals surface area contributed by atoms with Crippen LogP contribution in [0, 0.1) is 25.2 Å². The minimum Gasteiger partial charge on any atom is -0.383 e. The lowest BCUT2D eigenvalue weighted by molar-refractivity contribution is 0.691. The summed E-state index contributed by atoms with van der Waals surface area (Å²) in [6.45, 7) is 4.29. The minimum atomic E-state index is 0.411. The summed E-state index contributed by atoms with van der Waals surface area (Å²) in [6, 6.07) is 12.1. The van der Waals surface area contributed by atoms with Crippen LogP contribution in [0.15, 0.2) is 30.3 Å². The molecule has 0 aliphatic carbocycles. The molecule has 5 nitrogen and oxygen atoms in total. The third-order valence-corrected chi connectivity index (χ3v) is 3.53. The van der Waals surface area contributed by atoms with Crippen molar-refractivity contribution in [2.45, 2.75) is 20.4 Å². The second-order valence-corrected chi connectivity index (χ2v) is 5.06. The van der Waals surface area contributed by atoms with Crippen molar-refractivity contribution in [3.05, 3.63) is 52.8 Å². The summed E-state index contributed by atoms with van der Waals surface area (Å²) in [5, 5.41) is 14.5. The van der Waals surface area contributed by atoms with Crippen LogP contribution in [-0.4, -0.2) is 14.8 Å². The lowest BCUT2D eigenvalue weighted by Gasteiger charge is -2.09. The zero-order valence-electron chi connectivity index (χ0n) is 12.0. The largest absolute Gasteiger partial charge is 0.383 e. The zero-order valence-corrected chi connectivity index (χ0v) is 12.0. The van der Waals surface area contributed by atoms with Crippen LogP contribution in [-0.2, 0) is 6.54 Å². The van der Waals surface area contributed by atoms with Crippen molar-refractivity contribution in [1.82, 2.24) is 14.8 Å². The van der Waals surface area contributed by atoms with Gasteiger partial charge in [0.2, 0.25) is 0 Å². The molecule has 0 radical (unpaired) electrons. The topological polar surface area (TPSA) is 80.5 Å². The third-order valence-electron chi connectivity index (χ3n) is 3.53. The van der Waals surface area contributed by atoms with Crippen molar-refractivity contribution >= 4 is 16.7 Å². The number of nitrogens with zero attached hydrogens (tertiary/aromatic N) is 4. The lowest BCUT2D eigenvalue weighted by Crippen LogP contribution is -2.07. The maximum atomic E-state index is 9.10. The summed E-state index contributed by atoms with van der Waals surface area (Å²) in [5.41, 5.74) is 10.1. The molecule has 0 unspecified atom stereocenters. The molecule has 0 atom stereocenters. The number of benzene rings is 1. The van der Waals surface area contributed by atoms with Gasteiger partial charge in [0.1, 0.15) is 17.5 Å². The number of nitrogen functional groups attached to an aromatic ring is 1. The zero-order chi connectivity index (χ0) is 15.0. The summed E-state index contributed by atoms with van der Waals surface area (Å²) in [4.78, 5) is 4.53. The van der Waals surface area contributed by atoms with E-state index in [1.165, 1.54) is 0 Å². The molecule has 0 saturated heterocycles. The standard InChI is InChI=1S/C16H15N5/c1-10-7-12(13-5-3-4-6-15(13)19-10)9-21-16(18)14(8-17)11(2)20-21/h3-7H,9,18H2,1-2H3. The Labute approximate surface area is 122 Å². The van der Waals surface area contributed by atoms with Crippen molar-refractivity contribution in [1.29, 1.82) is 5.26 Å². The molecule has 2 heterocycles. The molecule has 0 bridgehead atoms. The molecule has 104 valence electrons. The van der Waals surface area contributed by atoms with Gasteiger partial charge >= 0.3 is 0 Å². The van der Waals surface area contributed by atoms with Crippen molar-refractivity contribution in [3.8, 4) is 6.07 Å². The van der Waals surface area contributed by atoms with Gasteiger partial charge in [-0.1, -0.05) is 18.2 Å². The monoisotopic (exact) mass is 277 g/mol. The van der Waals surface area contributed by atoms with Gasteiger partial charge in [-0.2, -0.15) is 10.4 Å². The number of nitriles is 1. The number of aryl methyl sites for hydroxylation is 2. The average Bonchev–Trinajstić information content (AvgIpc) is 2.72. The van der Waals surface area contributed by atoms with E-state index in [2.05, 4.69) is 16.2 Å². The lowest BCUT2D eigenvalue weighted by atomic mass is 10.1. The Hall–Kier alpha value is -2.87. The third kappa shape index (κ3) is 2.21. The molecule has 21 heavy (non-hydrogen) atoms. The quantitative estimate of drug-likeness (QED) is 0.780. The van der Waals surface area contributed by atoms with E-state index in [-0.39, 0.29) is 0 Å². The minimum absolute atomic E-state index is 0.411. The molecule has 5 heteroatoms. The molecular weight excluding hydrogens is 262 g/mol. The smallest absolute Gasteiger partial charge is 0.140 e. The van der Waals surface area contributed by atoms with Crippen molar-refractivity contribution in [2.75, 3.05) is 5.73 Å². The average molecular weight is 277 g/mol. The number of hydrogen-bond acceptors (Lipinski definition) is 4. The number of hydrogen-bond donors (Lipinski definition) is 1. The van der Waals surface area contributed by atoms with E-state index >= 15 is 0 Å². The van der Waals surface area contributed by atoms with Crippen molar-refractivity contribution in [2.24, 2.45) is 0 Å². The van der Waals surface area contributed by atoms with Crippen LogP contribution in [0.2, 0.25) is 0 Å². The Balaban J connectivity index is 2.13. The highest BCUT2D eigenvalue weighted by atomic mass is 15.3. The maximum Gasteiger partial charge on any atom is 0.140 e. The first-order chi connectivity index (χ1) is 10.1. The van der Waals surface area contributed by atoms with Crippen LogP contribution in [0.5, 0.6) is 0 Å². The SMILES string of the molecule is Cc1cc(Cn2nc(C)c(C#N)c2N)c2ccccc2n1. The van der Waals surface area contributed by atoms with Gasteiger partial charge in [0, 0.05) is 11.1 Å². The number of aromatic nitrogens is 3. The number of rotatable bonds is 2. The van der Waals surface area contributed by atoms with Crippen LogP contribution in [0.1, 0.15) is 22.5 Å². The van der Waals surface area contributed by atoms with Gasteiger partial charge in [-0.25, -0.2) is 4.68 Å². The first kappa shape index (κ1) is 13.1. The Morgan fingerprint density at radius 1 is 1.29 bits per heavy atom. The fraction of sp³-hybridized carbons (Fsp3) is 0.188. The van der Waals surface area contributed by atoms with Crippen LogP contribution in [0.25, 0.3) is 10.9 Å². The Morgan fingerprint density at radius 3 is 2.76 bits per heavy atom. The highest BCUT2D eigenvalue weighted by Gasteiger charge is 2.13. The molecule has 3 aromatic rings. The predicted octanol–water partition coefficient (Wildman–Crippen LogP) is 2.55. The van der Waals surface area contributed by atoms with Crippen LogP contribution >= 0.6 is 0 Å². The van der Waals surface area contributed by atoms with Gasteiger partial charge < -0.3 is 5.73 Å². The molecule has 0 aliphatic heterocycles. The second kappa shape index (κ2) is 4.91. The Morgan fingerprint density at radius 2 is 2.05 bits per heavy atom. The highest BCUT2D eigenvalue weighted by Crippen LogP contribution is 2.22. The molecular formula is C16H15N5. The summed E-state index contributed by atoms with van der Waals surface area (Å²) in [6.07, 6.45) is 0. The van der Waals surface area contributed by atoms with Crippen LogP contribution in [0.3, 0.4) is 0 Å². The first-order valence-electron chi connectivity index (χ1n) is 6.68. The van der Waals surface area contributed by atoms with E-state index in [1.807, 2.05) is 37.3 Å². The molecule has 2 N–H and O–H groups in total. The summed E-state index contributed by atoms with van der Waals surface area (Å²) in [5.74, 6) is 0.411. The normalized spacial score (nSPS) is 10.7. The summed E-state index contributed by atoms with van der Waals surface area (Å²) < 4.78 is 1.68. The first-order valence-corrected chi connectivity index (χ1v) is 6.68. The number of para-hydroxylation sites is 1. The molecule has 0 amide bonds.